The van der Waals surface area contributed by atoms with Crippen LogP contribution in [-0.2, 0) is 0 Å². The van der Waals surface area contributed by atoms with Crippen LogP contribution in [0.25, 0.3) is 22.9 Å². The Morgan fingerprint density at radius 1 is 1.10 bits per heavy atom. The molecule has 0 unspecified atom stereocenters. The maximum atomic E-state index is 11.1. The molecule has 3 aromatic rings. The molecule has 0 spiro atoms. The fourth-order valence-electron chi connectivity index (χ4n) is 2.77. The van der Waals surface area contributed by atoms with E-state index in [9.17, 15) is 15.4 Å². The number of thiazole rings is 1. The molecule has 0 radical (unpaired) electrons. The van der Waals surface area contributed by atoms with Gasteiger partial charge in [-0.3, -0.25) is 10.1 Å². The molecule has 0 aliphatic heterocycles. The van der Waals surface area contributed by atoms with Gasteiger partial charge in [-0.1, -0.05) is 0 Å². The minimum Gasteiger partial charge on any atom is -0.496 e. The average Bonchev–Trinajstić information content (AvgIpc) is 3.26. The second kappa shape index (κ2) is 9.07. The van der Waals surface area contributed by atoms with E-state index >= 15 is 0 Å². The topological polar surface area (TPSA) is 108 Å². The van der Waals surface area contributed by atoms with E-state index in [1.54, 1.807) is 26.4 Å². The highest BCUT2D eigenvalue weighted by atomic mass is 32.1. The van der Waals surface area contributed by atoms with Crippen LogP contribution >= 0.6 is 11.3 Å². The van der Waals surface area contributed by atoms with Crippen LogP contribution in [0.1, 0.15) is 10.6 Å². The molecule has 0 saturated carbocycles. The first-order valence-electron chi connectivity index (χ1n) is 8.63. The van der Waals surface area contributed by atoms with Crippen molar-refractivity contribution in [1.29, 1.82) is 5.26 Å². The summed E-state index contributed by atoms with van der Waals surface area (Å²) in [4.78, 5) is 15.1. The maximum Gasteiger partial charge on any atom is 0.270 e. The average molecular weight is 423 g/mol. The van der Waals surface area contributed by atoms with E-state index in [1.165, 1.54) is 42.7 Å². The monoisotopic (exact) mass is 423 g/mol. The number of nitrogens with zero attached hydrogens (tertiary/aromatic N) is 3. The van der Waals surface area contributed by atoms with E-state index in [0.717, 1.165) is 5.56 Å². The molecule has 30 heavy (non-hydrogen) atoms. The van der Waals surface area contributed by atoms with E-state index in [-0.39, 0.29) is 11.3 Å². The second-order valence-corrected chi connectivity index (χ2v) is 6.82. The van der Waals surface area contributed by atoms with Gasteiger partial charge < -0.3 is 14.2 Å². The first-order chi connectivity index (χ1) is 14.5. The molecule has 3 rings (SSSR count). The van der Waals surface area contributed by atoms with Gasteiger partial charge in [-0.15, -0.1) is 11.3 Å². The summed E-state index contributed by atoms with van der Waals surface area (Å²) >= 11 is 1.30. The maximum absolute atomic E-state index is 11.1. The molecule has 9 heteroatoms. The lowest BCUT2D eigenvalue weighted by Crippen LogP contribution is -1.93. The Bertz CT molecular complexity index is 1160. The quantitative estimate of drug-likeness (QED) is 0.305. The van der Waals surface area contributed by atoms with Crippen LogP contribution in [0.3, 0.4) is 0 Å². The molecule has 1 heterocycles. The molecule has 0 atom stereocenters. The predicted molar refractivity (Wildman–Crippen MR) is 114 cm³/mol. The molecule has 2 aromatic carbocycles. The van der Waals surface area contributed by atoms with Crippen LogP contribution in [0.2, 0.25) is 0 Å². The fourth-order valence-corrected chi connectivity index (χ4v) is 3.57. The van der Waals surface area contributed by atoms with Crippen molar-refractivity contribution in [1.82, 2.24) is 4.98 Å². The minimum absolute atomic E-state index is 0.0931. The molecule has 0 N–H and O–H groups in total. The lowest BCUT2D eigenvalue weighted by atomic mass is 10.1. The third-order valence-corrected chi connectivity index (χ3v) is 5.13. The minimum atomic E-state index is -0.499. The number of nitriles is 1. The normalized spacial score (nSPS) is 10.9. The predicted octanol–water partition coefficient (Wildman–Crippen LogP) is 4.81. The summed E-state index contributed by atoms with van der Waals surface area (Å²) in [7, 11) is 4.57. The lowest BCUT2D eigenvalue weighted by molar-refractivity contribution is -0.384. The van der Waals surface area contributed by atoms with Gasteiger partial charge in [0, 0.05) is 28.6 Å². The zero-order valence-electron chi connectivity index (χ0n) is 16.4. The molecule has 0 amide bonds. The molecular formula is C21H17N3O5S. The Morgan fingerprint density at radius 2 is 1.80 bits per heavy atom. The summed E-state index contributed by atoms with van der Waals surface area (Å²) in [6.45, 7) is 0. The number of non-ortho nitro benzene ring substituents is 1. The first kappa shape index (κ1) is 20.8. The van der Waals surface area contributed by atoms with Gasteiger partial charge in [0.25, 0.3) is 5.69 Å². The van der Waals surface area contributed by atoms with Gasteiger partial charge in [-0.2, -0.15) is 5.26 Å². The number of hydrogen-bond acceptors (Lipinski definition) is 8. The van der Waals surface area contributed by atoms with Crippen molar-refractivity contribution in [2.75, 3.05) is 21.3 Å². The van der Waals surface area contributed by atoms with E-state index < -0.39 is 4.92 Å². The molecule has 0 fully saturated rings. The van der Waals surface area contributed by atoms with Gasteiger partial charge >= 0.3 is 0 Å². The number of allylic oxidation sites excluding steroid dienone is 1. The van der Waals surface area contributed by atoms with Crippen LogP contribution in [0.4, 0.5) is 5.69 Å². The largest absolute Gasteiger partial charge is 0.496 e. The Kier molecular flexibility index (Phi) is 6.29. The van der Waals surface area contributed by atoms with Crippen LogP contribution in [-0.4, -0.2) is 31.2 Å². The van der Waals surface area contributed by atoms with Crippen molar-refractivity contribution >= 4 is 28.7 Å². The Hall–Kier alpha value is -3.90. The number of ether oxygens (including phenoxy) is 3. The van der Waals surface area contributed by atoms with Crippen LogP contribution in [0.15, 0.2) is 41.8 Å². The van der Waals surface area contributed by atoms with Crippen molar-refractivity contribution in [2.45, 2.75) is 0 Å². The number of rotatable bonds is 7. The van der Waals surface area contributed by atoms with Crippen molar-refractivity contribution in [2.24, 2.45) is 0 Å². The van der Waals surface area contributed by atoms with Gasteiger partial charge in [0.1, 0.15) is 16.8 Å². The SMILES string of the molecule is COc1ccc([N+](=O)[O-])cc1/C=C(\C#N)c1nc(-c2ccc(OC)c(OC)c2)cs1. The van der Waals surface area contributed by atoms with E-state index in [2.05, 4.69) is 11.1 Å². The molecule has 0 aliphatic rings. The van der Waals surface area contributed by atoms with E-state index in [4.69, 9.17) is 14.2 Å². The fraction of sp³-hybridized carbons (Fsp3) is 0.143. The number of hydrogen-bond donors (Lipinski definition) is 0. The van der Waals surface area contributed by atoms with Gasteiger partial charge in [0.05, 0.1) is 37.5 Å². The lowest BCUT2D eigenvalue weighted by Gasteiger charge is -2.08. The highest BCUT2D eigenvalue weighted by Crippen LogP contribution is 2.34. The van der Waals surface area contributed by atoms with Crippen LogP contribution in [0.5, 0.6) is 17.2 Å². The highest BCUT2D eigenvalue weighted by Gasteiger charge is 2.15. The van der Waals surface area contributed by atoms with Crippen molar-refractivity contribution < 1.29 is 19.1 Å². The molecule has 8 nitrogen and oxygen atoms in total. The van der Waals surface area contributed by atoms with Gasteiger partial charge in [-0.25, -0.2) is 4.98 Å². The molecular weight excluding hydrogens is 406 g/mol. The standard InChI is InChI=1S/C21H17N3O5S/c1-27-18-7-5-16(24(25)26)9-14(18)8-15(11-22)21-23-17(12-30-21)13-4-6-19(28-2)20(10-13)29-3/h4-10,12H,1-3H3/b15-8+. The summed E-state index contributed by atoms with van der Waals surface area (Å²) in [5.41, 5.74) is 2.07. The molecule has 0 aliphatic carbocycles. The van der Waals surface area contributed by atoms with E-state index in [0.29, 0.717) is 33.5 Å². The van der Waals surface area contributed by atoms with Gasteiger partial charge in [0.15, 0.2) is 11.5 Å². The van der Waals surface area contributed by atoms with E-state index in [1.807, 2.05) is 11.4 Å². The summed E-state index contributed by atoms with van der Waals surface area (Å²) in [5.74, 6) is 1.60. The third-order valence-electron chi connectivity index (χ3n) is 4.26. The van der Waals surface area contributed by atoms with Crippen LogP contribution in [0, 0.1) is 21.4 Å². The number of nitro benzene ring substituents is 1. The highest BCUT2D eigenvalue weighted by molar-refractivity contribution is 7.11. The van der Waals surface area contributed by atoms with Gasteiger partial charge in [0.2, 0.25) is 0 Å². The van der Waals surface area contributed by atoms with Gasteiger partial charge in [-0.05, 0) is 30.3 Å². The molecule has 1 aromatic heterocycles. The Balaban J connectivity index is 2.01. The number of aromatic nitrogens is 1. The summed E-state index contributed by atoms with van der Waals surface area (Å²) < 4.78 is 15.8. The van der Waals surface area contributed by atoms with Crippen molar-refractivity contribution in [3.05, 3.63) is 62.5 Å². The Morgan fingerprint density at radius 3 is 2.43 bits per heavy atom. The van der Waals surface area contributed by atoms with Crippen molar-refractivity contribution in [3.63, 3.8) is 0 Å². The summed E-state index contributed by atoms with van der Waals surface area (Å²) in [5, 5.41) is 23.0. The number of methoxy groups -OCH3 is 3. The second-order valence-electron chi connectivity index (χ2n) is 5.96. The number of benzene rings is 2. The zero-order chi connectivity index (χ0) is 21.7. The molecule has 0 saturated heterocycles. The summed E-state index contributed by atoms with van der Waals surface area (Å²) in [6.07, 6.45) is 1.53. The smallest absolute Gasteiger partial charge is 0.270 e. The Labute approximate surface area is 176 Å². The van der Waals surface area contributed by atoms with Crippen molar-refractivity contribution in [3.8, 4) is 34.6 Å². The first-order valence-corrected chi connectivity index (χ1v) is 9.51. The molecule has 152 valence electrons. The zero-order valence-corrected chi connectivity index (χ0v) is 17.2. The van der Waals surface area contributed by atoms with Crippen LogP contribution < -0.4 is 14.2 Å². The molecule has 0 bridgehead atoms. The number of nitro groups is 1. The third kappa shape index (κ3) is 4.24. The summed E-state index contributed by atoms with van der Waals surface area (Å²) in [6, 6.07) is 11.7.